The second-order valence-electron chi connectivity index (χ2n) is 13.5. The Kier molecular flexibility index (Phi) is 11.3. The van der Waals surface area contributed by atoms with Gasteiger partial charge in [-0.25, -0.2) is 4.79 Å². The van der Waals surface area contributed by atoms with Crippen LogP contribution in [0.1, 0.15) is 48.5 Å². The highest BCUT2D eigenvalue weighted by atomic mass is 31.2. The lowest BCUT2D eigenvalue weighted by molar-refractivity contribution is -0.162. The first-order valence-electron chi connectivity index (χ1n) is 15.9. The predicted octanol–water partition coefficient (Wildman–Crippen LogP) is 6.30. The summed E-state index contributed by atoms with van der Waals surface area (Å²) in [7, 11) is 0. The lowest BCUT2D eigenvalue weighted by atomic mass is 9.85. The zero-order valence-corrected chi connectivity index (χ0v) is 29.5. The van der Waals surface area contributed by atoms with E-state index in [0.717, 1.165) is 15.9 Å². The quantitative estimate of drug-likeness (QED) is 0.121. The summed E-state index contributed by atoms with van der Waals surface area (Å²) in [5.41, 5.74) is -1.57. The van der Waals surface area contributed by atoms with E-state index in [2.05, 4.69) is 5.32 Å². The van der Waals surface area contributed by atoms with Crippen molar-refractivity contribution in [3.8, 4) is 0 Å². The van der Waals surface area contributed by atoms with Crippen LogP contribution in [0, 0.1) is 11.8 Å². The van der Waals surface area contributed by atoms with Gasteiger partial charge in [0.05, 0.1) is 5.29 Å². The number of nitrogens with one attached hydrogen (secondary N) is 1. The highest BCUT2D eigenvalue weighted by molar-refractivity contribution is 7.96. The molecular formula is C40H44NO6P. The fraction of sp³-hybridized carbons (Fsp3) is 0.275. The Bertz CT molecular complexity index is 1690. The van der Waals surface area contributed by atoms with Crippen LogP contribution in [-0.4, -0.2) is 40.1 Å². The minimum Gasteiger partial charge on any atom is -0.459 e. The highest BCUT2D eigenvalue weighted by Gasteiger charge is 2.50. The van der Waals surface area contributed by atoms with Gasteiger partial charge < -0.3 is 14.8 Å². The minimum atomic E-state index is -3.39. The molecule has 0 bridgehead atoms. The Labute approximate surface area is 283 Å². The van der Waals surface area contributed by atoms with E-state index in [1.807, 2.05) is 91.0 Å². The molecule has 250 valence electrons. The van der Waals surface area contributed by atoms with E-state index in [-0.39, 0.29) is 5.29 Å². The molecule has 0 aromatic heterocycles. The standard InChI is InChI=1S/C40H44NO6P/c1-28(42)33(36(43)41-29-20-12-8-13-21-29)34(37(44)46-39(2,3)4)35(38(45)47-40(5,6)7)48(30-22-14-9-15-23-30,31-24-16-10-17-25-31)32-26-18-11-19-27-32/h8-27,33-34H,1-7H3,(H,41,43). The Hall–Kier alpha value is -4.74. The predicted molar refractivity (Wildman–Crippen MR) is 195 cm³/mol. The third-order valence-corrected chi connectivity index (χ3v) is 11.9. The van der Waals surface area contributed by atoms with E-state index in [9.17, 15) is 14.4 Å². The average Bonchev–Trinajstić information content (AvgIpc) is 3.02. The van der Waals surface area contributed by atoms with E-state index in [4.69, 9.17) is 9.47 Å². The number of esters is 2. The van der Waals surface area contributed by atoms with E-state index in [0.29, 0.717) is 5.69 Å². The molecule has 0 aliphatic heterocycles. The Morgan fingerprint density at radius 1 is 0.562 bits per heavy atom. The van der Waals surface area contributed by atoms with Gasteiger partial charge in [0.15, 0.2) is 0 Å². The molecule has 0 saturated carbocycles. The van der Waals surface area contributed by atoms with Crippen LogP contribution in [0.4, 0.5) is 5.69 Å². The molecule has 1 N–H and O–H groups in total. The number of hydrogen-bond donors (Lipinski definition) is 1. The second-order valence-corrected chi connectivity index (χ2v) is 16.9. The maximum Gasteiger partial charge on any atom is 0.336 e. The van der Waals surface area contributed by atoms with Crippen LogP contribution in [0.3, 0.4) is 0 Å². The first-order chi connectivity index (χ1) is 22.6. The molecule has 48 heavy (non-hydrogen) atoms. The number of hydrogen-bond acceptors (Lipinski definition) is 6. The fourth-order valence-electron chi connectivity index (χ4n) is 5.71. The molecular weight excluding hydrogens is 621 g/mol. The van der Waals surface area contributed by atoms with Gasteiger partial charge in [0, 0.05) is 5.69 Å². The summed E-state index contributed by atoms with van der Waals surface area (Å²) in [5.74, 6) is -6.31. The summed E-state index contributed by atoms with van der Waals surface area (Å²) in [4.78, 5) is 57.9. The number of ketones is 1. The normalized spacial score (nSPS) is 13.1. The number of Topliss-reactive ketones (excluding diaryl/α,β-unsaturated/α-hetero) is 1. The molecule has 2 atom stereocenters. The largest absolute Gasteiger partial charge is 0.459 e. The molecule has 8 heteroatoms. The number of carbonyl (C=O) groups excluding carboxylic acids is 4. The van der Waals surface area contributed by atoms with Gasteiger partial charge in [-0.3, -0.25) is 14.4 Å². The van der Waals surface area contributed by atoms with Gasteiger partial charge in [-0.15, -0.1) is 0 Å². The van der Waals surface area contributed by atoms with Crippen LogP contribution in [-0.2, 0) is 28.7 Å². The van der Waals surface area contributed by atoms with Gasteiger partial charge in [0.1, 0.15) is 28.8 Å². The van der Waals surface area contributed by atoms with Crippen molar-refractivity contribution in [3.05, 3.63) is 121 Å². The first kappa shape index (κ1) is 36.1. The number of amides is 1. The zero-order valence-electron chi connectivity index (χ0n) is 28.6. The van der Waals surface area contributed by atoms with Crippen LogP contribution < -0.4 is 21.2 Å². The molecule has 2 unspecified atom stereocenters. The molecule has 0 fully saturated rings. The summed E-state index contributed by atoms with van der Waals surface area (Å²) < 4.78 is 12.2. The molecule has 0 radical (unpaired) electrons. The maximum absolute atomic E-state index is 15.1. The van der Waals surface area contributed by atoms with Gasteiger partial charge >= 0.3 is 11.9 Å². The van der Waals surface area contributed by atoms with Crippen molar-refractivity contribution < 1.29 is 28.7 Å². The number of anilines is 1. The molecule has 4 aromatic carbocycles. The third kappa shape index (κ3) is 8.39. The van der Waals surface area contributed by atoms with E-state index in [1.54, 1.807) is 71.9 Å². The van der Waals surface area contributed by atoms with Crippen molar-refractivity contribution in [2.45, 2.75) is 59.7 Å². The molecule has 4 rings (SSSR count). The van der Waals surface area contributed by atoms with Crippen LogP contribution in [0.2, 0.25) is 0 Å². The van der Waals surface area contributed by atoms with E-state index >= 15 is 4.79 Å². The summed E-state index contributed by atoms with van der Waals surface area (Å²) in [6.45, 7) is 8.20. The van der Waals surface area contributed by atoms with E-state index in [1.165, 1.54) is 6.92 Å². The molecule has 0 aliphatic carbocycles. The van der Waals surface area contributed by atoms with Crippen molar-refractivity contribution in [2.24, 2.45) is 11.8 Å². The summed E-state index contributed by atoms with van der Waals surface area (Å²) in [6, 6.07) is 37.0. The van der Waals surface area contributed by atoms with Crippen LogP contribution >= 0.6 is 6.89 Å². The molecule has 0 spiro atoms. The SMILES string of the molecule is CC(=O)C(C(=O)Nc1ccccc1)C(C(=O)OC(C)(C)C)C(C(=O)OC(C)(C)C)=P(c1ccccc1)(c1ccccc1)c1ccccc1. The molecule has 7 nitrogen and oxygen atoms in total. The van der Waals surface area contributed by atoms with Crippen molar-refractivity contribution in [3.63, 3.8) is 0 Å². The molecule has 4 aromatic rings. The topological polar surface area (TPSA) is 98.8 Å². The monoisotopic (exact) mass is 665 g/mol. The van der Waals surface area contributed by atoms with Gasteiger partial charge in [-0.2, -0.15) is 0 Å². The average molecular weight is 666 g/mol. The lowest BCUT2D eigenvalue weighted by Crippen LogP contribution is -2.50. The summed E-state index contributed by atoms with van der Waals surface area (Å²) in [6.07, 6.45) is 0. The van der Waals surface area contributed by atoms with Crippen molar-refractivity contribution in [2.75, 3.05) is 5.32 Å². The first-order valence-corrected chi connectivity index (χ1v) is 17.7. The number of carbonyl (C=O) groups is 4. The highest BCUT2D eigenvalue weighted by Crippen LogP contribution is 2.49. The van der Waals surface area contributed by atoms with Gasteiger partial charge in [0.2, 0.25) is 5.91 Å². The summed E-state index contributed by atoms with van der Waals surface area (Å²) in [5, 5.41) is 5.03. The molecule has 0 aliphatic rings. The van der Waals surface area contributed by atoms with Crippen molar-refractivity contribution in [1.82, 2.24) is 0 Å². The van der Waals surface area contributed by atoms with Crippen LogP contribution in [0.15, 0.2) is 121 Å². The number of rotatable bonds is 10. The van der Waals surface area contributed by atoms with Crippen molar-refractivity contribution in [1.29, 1.82) is 0 Å². The molecule has 0 heterocycles. The van der Waals surface area contributed by atoms with Crippen molar-refractivity contribution >= 4 is 57.4 Å². The number of benzene rings is 4. The fourth-order valence-corrected chi connectivity index (χ4v) is 10.3. The number of para-hydroxylation sites is 1. The smallest absolute Gasteiger partial charge is 0.336 e. The lowest BCUT2D eigenvalue weighted by Gasteiger charge is -2.37. The van der Waals surface area contributed by atoms with Crippen LogP contribution in [0.5, 0.6) is 0 Å². The van der Waals surface area contributed by atoms with Gasteiger partial charge in [0.25, 0.3) is 0 Å². The van der Waals surface area contributed by atoms with Gasteiger partial charge in [-0.1, -0.05) is 109 Å². The second kappa shape index (κ2) is 15.0. The molecule has 1 amide bonds. The minimum absolute atomic E-state index is 0.00122. The number of ether oxygens (including phenoxy) is 2. The molecule has 0 saturated heterocycles. The Morgan fingerprint density at radius 2 is 0.938 bits per heavy atom. The van der Waals surface area contributed by atoms with Gasteiger partial charge in [-0.05, 0) is 83.4 Å². The Morgan fingerprint density at radius 3 is 1.29 bits per heavy atom. The summed E-state index contributed by atoms with van der Waals surface area (Å²) >= 11 is 0. The van der Waals surface area contributed by atoms with Crippen LogP contribution in [0.25, 0.3) is 0 Å². The zero-order chi connectivity index (χ0) is 35.1. The third-order valence-electron chi connectivity index (χ3n) is 7.45. The van der Waals surface area contributed by atoms with E-state index < -0.39 is 53.6 Å². The Balaban J connectivity index is 2.29. The maximum atomic E-state index is 15.1.